The molecule has 0 unspecified atom stereocenters. The Morgan fingerprint density at radius 3 is 2.64 bits per heavy atom. The first-order valence-corrected chi connectivity index (χ1v) is 15.4. The molecule has 0 aliphatic carbocycles. The van der Waals surface area contributed by atoms with E-state index in [1.54, 1.807) is 34.6 Å². The number of hydrogen-bond donors (Lipinski definition) is 2. The van der Waals surface area contributed by atoms with Crippen LogP contribution in [0.2, 0.25) is 5.15 Å². The van der Waals surface area contributed by atoms with Crippen LogP contribution in [0.1, 0.15) is 41.0 Å². The molecular formula is C27H31ClN8O5S. The average Bonchev–Trinajstić information content (AvgIpc) is 3.55. The number of amides is 1. The molecule has 1 aliphatic rings. The molecule has 1 saturated heterocycles. The molecule has 0 saturated carbocycles. The van der Waals surface area contributed by atoms with Crippen LogP contribution in [-0.2, 0) is 24.1 Å². The van der Waals surface area contributed by atoms with Crippen LogP contribution in [0.15, 0.2) is 41.3 Å². The van der Waals surface area contributed by atoms with Crippen molar-refractivity contribution in [2.75, 3.05) is 29.6 Å². The summed E-state index contributed by atoms with van der Waals surface area (Å²) in [7, 11) is -0.315. The summed E-state index contributed by atoms with van der Waals surface area (Å²) in [5, 5.41) is 7.86. The molecule has 2 N–H and O–H groups in total. The lowest BCUT2D eigenvalue weighted by molar-refractivity contribution is 0.0977. The van der Waals surface area contributed by atoms with E-state index in [4.69, 9.17) is 21.3 Å². The van der Waals surface area contributed by atoms with Crippen LogP contribution in [0.4, 0.5) is 11.6 Å². The van der Waals surface area contributed by atoms with E-state index in [-0.39, 0.29) is 28.2 Å². The first-order chi connectivity index (χ1) is 19.8. The predicted molar refractivity (Wildman–Crippen MR) is 160 cm³/mol. The number of hydrogen-bond acceptors (Lipinski definition) is 10. The van der Waals surface area contributed by atoms with E-state index in [9.17, 15) is 18.0 Å². The molecule has 5 rings (SSSR count). The maximum Gasteiger partial charge on any atom is 0.285 e. The van der Waals surface area contributed by atoms with Crippen LogP contribution in [0.25, 0.3) is 10.9 Å². The van der Waals surface area contributed by atoms with E-state index >= 15 is 0 Å². The van der Waals surface area contributed by atoms with Crippen molar-refractivity contribution in [1.29, 1.82) is 0 Å². The largest absolute Gasteiger partial charge is 0.473 e. The van der Waals surface area contributed by atoms with Gasteiger partial charge >= 0.3 is 0 Å². The van der Waals surface area contributed by atoms with Gasteiger partial charge < -0.3 is 15.0 Å². The number of carbonyl (C=O) groups excluding carboxylic acids is 1. The molecule has 1 fully saturated rings. The maximum absolute atomic E-state index is 13.6. The lowest BCUT2D eigenvalue weighted by atomic mass is 10.0. The molecule has 15 heteroatoms. The van der Waals surface area contributed by atoms with Gasteiger partial charge in [0.1, 0.15) is 11.3 Å². The molecule has 3 aromatic heterocycles. The van der Waals surface area contributed by atoms with Crippen LogP contribution in [0, 0.1) is 6.92 Å². The van der Waals surface area contributed by atoms with Crippen LogP contribution in [-0.4, -0.2) is 64.1 Å². The molecular weight excluding hydrogens is 584 g/mol. The number of nitrogens with one attached hydrogen (secondary N) is 2. The molecule has 0 radical (unpaired) electrons. The number of nitrogens with zero attached hydrogens (tertiary/aromatic N) is 6. The first kappa shape index (κ1) is 29.3. The van der Waals surface area contributed by atoms with E-state index in [1.165, 1.54) is 6.07 Å². The Morgan fingerprint density at radius 1 is 1.19 bits per heavy atom. The summed E-state index contributed by atoms with van der Waals surface area (Å²) in [6.07, 6.45) is 3.21. The van der Waals surface area contributed by atoms with Crippen LogP contribution < -0.4 is 25.2 Å². The lowest BCUT2D eigenvalue weighted by Gasteiger charge is -2.23. The number of anilines is 2. The fourth-order valence-corrected chi connectivity index (χ4v) is 5.64. The van der Waals surface area contributed by atoms with E-state index in [0.29, 0.717) is 35.8 Å². The summed E-state index contributed by atoms with van der Waals surface area (Å²) in [6, 6.07) is 8.11. The highest BCUT2D eigenvalue weighted by atomic mass is 35.5. The van der Waals surface area contributed by atoms with Crippen molar-refractivity contribution >= 4 is 50.1 Å². The minimum atomic E-state index is -3.83. The first-order valence-electron chi connectivity index (χ1n) is 13.2. The van der Waals surface area contributed by atoms with Gasteiger partial charge in [0.05, 0.1) is 41.6 Å². The summed E-state index contributed by atoms with van der Waals surface area (Å²) in [5.41, 5.74) is 1.98. The summed E-state index contributed by atoms with van der Waals surface area (Å²) >= 11 is 6.02. The molecule has 222 valence electrons. The standard InChI is InChI=1S/C27H31ClN8O5S/c1-15-12-18(16(2)30-20-6-7-21(28)31-24(20)25(37)33-42(5,39)40)23-19(13-15)26(38)34(3)27(32-23)36-11-9-17(14-36)41-22-8-10-29-35(22)4/h6-8,10,12-13,16-17,30H,9,11,14H2,1-5H3,(H,33,37)/t16-,17+/m1/s1. The summed E-state index contributed by atoms with van der Waals surface area (Å²) < 4.78 is 34.6. The van der Waals surface area contributed by atoms with Crippen LogP contribution in [0.3, 0.4) is 0 Å². The van der Waals surface area contributed by atoms with Gasteiger partial charge in [-0.3, -0.25) is 14.2 Å². The molecule has 1 aliphatic heterocycles. The van der Waals surface area contributed by atoms with Gasteiger partial charge in [0.15, 0.2) is 5.69 Å². The summed E-state index contributed by atoms with van der Waals surface area (Å²) in [4.78, 5) is 37.3. The Labute approximate surface area is 247 Å². The Hall–Kier alpha value is -4.17. The fourth-order valence-electron chi connectivity index (χ4n) is 5.06. The van der Waals surface area contributed by atoms with Crippen molar-refractivity contribution in [3.05, 3.63) is 68.9 Å². The van der Waals surface area contributed by atoms with Gasteiger partial charge in [0, 0.05) is 38.7 Å². The Kier molecular flexibility index (Phi) is 7.86. The van der Waals surface area contributed by atoms with Crippen molar-refractivity contribution in [1.82, 2.24) is 29.0 Å². The van der Waals surface area contributed by atoms with Crippen molar-refractivity contribution in [2.45, 2.75) is 32.4 Å². The fraction of sp³-hybridized carbons (Fsp3) is 0.370. The normalized spacial score (nSPS) is 16.0. The van der Waals surface area contributed by atoms with E-state index in [0.717, 1.165) is 23.8 Å². The highest BCUT2D eigenvalue weighted by molar-refractivity contribution is 7.89. The SMILES string of the molecule is Cc1cc([C@@H](C)Nc2ccc(Cl)nc2C(=O)NS(C)(=O)=O)c2nc(N3CC[C@H](Oc4ccnn4C)C3)n(C)c(=O)c2c1. The highest BCUT2D eigenvalue weighted by Gasteiger charge is 2.29. The lowest BCUT2D eigenvalue weighted by Crippen LogP contribution is -2.32. The second kappa shape index (κ2) is 11.2. The maximum atomic E-state index is 13.6. The number of fused-ring (bicyclic) bond motifs is 1. The summed E-state index contributed by atoms with van der Waals surface area (Å²) in [5.74, 6) is 0.262. The van der Waals surface area contributed by atoms with Gasteiger partial charge in [-0.1, -0.05) is 17.7 Å². The second-order valence-corrected chi connectivity index (χ2v) is 12.5. The molecule has 2 atom stereocenters. The predicted octanol–water partition coefficient (Wildman–Crippen LogP) is 2.54. The quantitative estimate of drug-likeness (QED) is 0.283. The highest BCUT2D eigenvalue weighted by Crippen LogP contribution is 2.30. The van der Waals surface area contributed by atoms with Crippen LogP contribution in [0.5, 0.6) is 5.88 Å². The molecule has 4 aromatic rings. The smallest absolute Gasteiger partial charge is 0.285 e. The van der Waals surface area contributed by atoms with Gasteiger partial charge in [-0.2, -0.15) is 5.10 Å². The number of aryl methyl sites for hydroxylation is 2. The van der Waals surface area contributed by atoms with Gasteiger partial charge in [-0.25, -0.2) is 27.8 Å². The third-order valence-corrected chi connectivity index (χ3v) is 7.78. The topological polar surface area (TPSA) is 153 Å². The van der Waals surface area contributed by atoms with E-state index in [1.807, 2.05) is 42.6 Å². The molecule has 1 amide bonds. The van der Waals surface area contributed by atoms with Crippen molar-refractivity contribution in [3.63, 3.8) is 0 Å². The van der Waals surface area contributed by atoms with E-state index < -0.39 is 22.0 Å². The Bertz CT molecular complexity index is 1860. The van der Waals surface area contributed by atoms with Crippen molar-refractivity contribution < 1.29 is 17.9 Å². The molecule has 0 spiro atoms. The zero-order chi connectivity index (χ0) is 30.3. The third kappa shape index (κ3) is 6.04. The van der Waals surface area contributed by atoms with Crippen molar-refractivity contribution in [3.8, 4) is 5.88 Å². The monoisotopic (exact) mass is 614 g/mol. The number of ether oxygens (including phenoxy) is 1. The Morgan fingerprint density at radius 2 is 1.95 bits per heavy atom. The molecule has 4 heterocycles. The van der Waals surface area contributed by atoms with Gasteiger partial charge in [-0.05, 0) is 37.6 Å². The number of sulfonamides is 1. The zero-order valence-corrected chi connectivity index (χ0v) is 25.3. The van der Waals surface area contributed by atoms with Gasteiger partial charge in [0.25, 0.3) is 11.5 Å². The second-order valence-electron chi connectivity index (χ2n) is 10.4. The van der Waals surface area contributed by atoms with Gasteiger partial charge in [-0.15, -0.1) is 0 Å². The number of carbonyl (C=O) groups is 1. The van der Waals surface area contributed by atoms with Gasteiger partial charge in [0.2, 0.25) is 21.9 Å². The molecule has 0 bridgehead atoms. The van der Waals surface area contributed by atoms with E-state index in [2.05, 4.69) is 15.4 Å². The Balaban J connectivity index is 1.49. The minimum absolute atomic E-state index is 0.0268. The molecule has 1 aromatic carbocycles. The minimum Gasteiger partial charge on any atom is -0.473 e. The number of benzene rings is 1. The summed E-state index contributed by atoms with van der Waals surface area (Å²) in [6.45, 7) is 4.94. The average molecular weight is 615 g/mol. The molecule has 42 heavy (non-hydrogen) atoms. The van der Waals surface area contributed by atoms with Crippen molar-refractivity contribution in [2.24, 2.45) is 14.1 Å². The third-order valence-electron chi connectivity index (χ3n) is 7.01. The number of pyridine rings is 1. The molecule has 13 nitrogen and oxygen atoms in total. The number of halogens is 1. The number of rotatable bonds is 8. The zero-order valence-electron chi connectivity index (χ0n) is 23.8. The van der Waals surface area contributed by atoms with Crippen LogP contribution >= 0.6 is 11.6 Å². The number of aromatic nitrogens is 5.